The molecule has 3 N–H and O–H groups in total. The predicted octanol–water partition coefficient (Wildman–Crippen LogP) is 5.13. The molecule has 0 bridgehead atoms. The number of hydrogen-bond acceptors (Lipinski definition) is 3. The molecule has 178 valence electrons. The molecule has 4 rings (SSSR count). The van der Waals surface area contributed by atoms with Crippen LogP contribution in [0.15, 0.2) is 65.7 Å². The summed E-state index contributed by atoms with van der Waals surface area (Å²) < 4.78 is 53.1. The van der Waals surface area contributed by atoms with E-state index in [9.17, 15) is 17.8 Å². The first-order chi connectivity index (χ1) is 16.2. The first kappa shape index (κ1) is 23.8. The van der Waals surface area contributed by atoms with Gasteiger partial charge in [0.1, 0.15) is 15.6 Å². The number of fused-ring (bicyclic) bond motifs is 1. The third kappa shape index (κ3) is 4.95. The van der Waals surface area contributed by atoms with Crippen LogP contribution in [0, 0.1) is 22.3 Å². The summed E-state index contributed by atoms with van der Waals surface area (Å²) in [6.45, 7) is 2.03. The highest BCUT2D eigenvalue weighted by Crippen LogP contribution is 2.29. The van der Waals surface area contributed by atoms with Gasteiger partial charge in [0.05, 0.1) is 4.90 Å². The topological polar surface area (TPSA) is 87.0 Å². The molecule has 0 aliphatic carbocycles. The second-order valence-corrected chi connectivity index (χ2v) is 10.3. The van der Waals surface area contributed by atoms with E-state index >= 15 is 0 Å². The number of benzene rings is 2. The van der Waals surface area contributed by atoms with Crippen molar-refractivity contribution in [2.45, 2.75) is 30.7 Å². The quantitative estimate of drug-likeness (QED) is 0.453. The molecule has 0 fully saturated rings. The molecular weight excluding hydrogens is 458 g/mol. The van der Waals surface area contributed by atoms with Crippen LogP contribution < -0.4 is 10.0 Å². The van der Waals surface area contributed by atoms with Crippen LogP contribution in [0.3, 0.4) is 0 Å². The Morgan fingerprint density at radius 2 is 1.94 bits per heavy atom. The Labute approximate surface area is 197 Å². The molecule has 3 atom stereocenters. The average molecular weight is 485 g/mol. The first-order valence-corrected chi connectivity index (χ1v) is 12.5. The van der Waals surface area contributed by atoms with Crippen molar-refractivity contribution in [2.24, 2.45) is 13.0 Å². The summed E-state index contributed by atoms with van der Waals surface area (Å²) in [5.41, 5.74) is 1.84. The smallest absolute Gasteiger partial charge is 0.272 e. The van der Waals surface area contributed by atoms with Crippen LogP contribution in [0.4, 0.5) is 14.5 Å². The van der Waals surface area contributed by atoms with Crippen LogP contribution in [0.5, 0.6) is 0 Å². The van der Waals surface area contributed by atoms with E-state index in [2.05, 4.69) is 22.2 Å². The lowest BCUT2D eigenvalue weighted by molar-refractivity contribution is 0.101. The lowest BCUT2D eigenvalue weighted by Crippen LogP contribution is -2.36. The van der Waals surface area contributed by atoms with Crippen LogP contribution >= 0.6 is 0 Å². The van der Waals surface area contributed by atoms with Gasteiger partial charge in [0.25, 0.3) is 5.91 Å². The first-order valence-electron chi connectivity index (χ1n) is 10.9. The van der Waals surface area contributed by atoms with Gasteiger partial charge in [-0.15, -0.1) is 0 Å². The number of rotatable bonds is 6. The highest BCUT2D eigenvalue weighted by molar-refractivity contribution is 7.90. The molecule has 0 spiro atoms. The van der Waals surface area contributed by atoms with Crippen molar-refractivity contribution in [3.63, 3.8) is 0 Å². The third-order valence-electron chi connectivity index (χ3n) is 6.00. The van der Waals surface area contributed by atoms with E-state index in [1.807, 2.05) is 31.2 Å². The van der Waals surface area contributed by atoms with Crippen molar-refractivity contribution in [3.8, 4) is 0 Å². The lowest BCUT2D eigenvalue weighted by atomic mass is 9.94. The van der Waals surface area contributed by atoms with Gasteiger partial charge in [-0.05, 0) is 36.5 Å². The van der Waals surface area contributed by atoms with Crippen molar-refractivity contribution < 1.29 is 17.8 Å². The Kier molecular flexibility index (Phi) is 6.67. The Hall–Kier alpha value is -3.30. The molecule has 2 unspecified atom stereocenters. The molecule has 9 heteroatoms. The summed E-state index contributed by atoms with van der Waals surface area (Å²) in [5.74, 6) is -2.58. The van der Waals surface area contributed by atoms with E-state index < -0.39 is 27.5 Å². The van der Waals surface area contributed by atoms with Gasteiger partial charge in [-0.25, -0.2) is 22.5 Å². The van der Waals surface area contributed by atoms with Gasteiger partial charge in [-0.1, -0.05) is 49.4 Å². The number of halogens is 2. The minimum atomic E-state index is -3.40. The zero-order chi connectivity index (χ0) is 24.5. The number of aromatic nitrogens is 1. The van der Waals surface area contributed by atoms with Crippen LogP contribution in [-0.2, 0) is 23.4 Å². The van der Waals surface area contributed by atoms with Crippen LogP contribution in [0.1, 0.15) is 35.0 Å². The molecule has 0 saturated carbocycles. The van der Waals surface area contributed by atoms with Crippen molar-refractivity contribution >= 4 is 27.6 Å². The number of nitrogens with one attached hydrogen (secondary N) is 3. The zero-order valence-corrected chi connectivity index (χ0v) is 19.7. The normalized spacial score (nSPS) is 20.4. The van der Waals surface area contributed by atoms with E-state index in [4.69, 9.17) is 4.78 Å². The molecule has 3 aromatic rings. The van der Waals surface area contributed by atoms with Crippen molar-refractivity contribution in [3.05, 3.63) is 89.3 Å². The van der Waals surface area contributed by atoms with Crippen molar-refractivity contribution in [1.82, 2.24) is 9.29 Å². The van der Waals surface area contributed by atoms with Gasteiger partial charge in [-0.3, -0.25) is 4.79 Å². The monoisotopic (exact) mass is 484 g/mol. The predicted molar refractivity (Wildman–Crippen MR) is 129 cm³/mol. The average Bonchev–Trinajstić information content (AvgIpc) is 3.09. The number of hydrogen-bond donors (Lipinski definition) is 3. The fraction of sp³-hybridized carbons (Fsp3) is 0.240. The van der Waals surface area contributed by atoms with E-state index in [1.54, 1.807) is 13.1 Å². The highest BCUT2D eigenvalue weighted by Gasteiger charge is 2.30. The van der Waals surface area contributed by atoms with Crippen molar-refractivity contribution in [1.29, 1.82) is 4.78 Å². The van der Waals surface area contributed by atoms with Gasteiger partial charge in [-0.2, -0.15) is 0 Å². The zero-order valence-electron chi connectivity index (χ0n) is 18.8. The third-order valence-corrected chi connectivity index (χ3v) is 7.55. The van der Waals surface area contributed by atoms with Crippen molar-refractivity contribution in [2.75, 3.05) is 5.32 Å². The van der Waals surface area contributed by atoms with Gasteiger partial charge in [0.15, 0.2) is 11.6 Å². The van der Waals surface area contributed by atoms with E-state index in [1.165, 1.54) is 22.4 Å². The minimum absolute atomic E-state index is 0.0832. The molecule has 1 aromatic heterocycles. The highest BCUT2D eigenvalue weighted by atomic mass is 32.2. The Balaban J connectivity index is 1.58. The number of nitrogens with zero attached hydrogens (tertiary/aromatic N) is 1. The van der Waals surface area contributed by atoms with Crippen LogP contribution in [0.2, 0.25) is 0 Å². The molecule has 1 aliphatic rings. The van der Waals surface area contributed by atoms with Crippen LogP contribution in [-0.4, -0.2) is 20.7 Å². The summed E-state index contributed by atoms with van der Waals surface area (Å²) in [4.78, 5) is 13.2. The SMILES string of the molecule is C[C@@H](CCc1ccccc1)C1C=Cc2c(cn(C)c2C(=O)Nc2ccc(F)c(F)c2)S(=N)(=O)N1. The number of carbonyl (C=O) groups excluding carboxylic acids is 1. The molecule has 0 radical (unpaired) electrons. The molecule has 0 saturated heterocycles. The molecule has 1 aliphatic heterocycles. The van der Waals surface area contributed by atoms with Gasteiger partial charge >= 0.3 is 0 Å². The van der Waals surface area contributed by atoms with Gasteiger partial charge in [0.2, 0.25) is 0 Å². The molecule has 34 heavy (non-hydrogen) atoms. The summed E-state index contributed by atoms with van der Waals surface area (Å²) in [7, 11) is -1.79. The molecular formula is C25H26F2N4O2S. The largest absolute Gasteiger partial charge is 0.345 e. The number of anilines is 1. The molecule has 2 aromatic carbocycles. The number of carbonyl (C=O) groups is 1. The maximum Gasteiger partial charge on any atom is 0.272 e. The van der Waals surface area contributed by atoms with E-state index in [0.717, 1.165) is 25.0 Å². The van der Waals surface area contributed by atoms with E-state index in [-0.39, 0.29) is 28.2 Å². The standard InChI is InChI=1S/C25H26F2N4O2S/c1-16(8-9-17-6-4-3-5-7-17)22-13-11-19-23(34(28,33)30-22)15-31(2)24(19)25(32)29-18-10-12-20(26)21(27)14-18/h3-7,10-16,22H,8-9H2,1-2H3,(H,29,32)(H2,28,30,33)/t16-,22?,34?/m0/s1. The van der Waals surface area contributed by atoms with Gasteiger partial charge < -0.3 is 9.88 Å². The summed E-state index contributed by atoms with van der Waals surface area (Å²) >= 11 is 0. The Morgan fingerprint density at radius 3 is 2.65 bits per heavy atom. The summed E-state index contributed by atoms with van der Waals surface area (Å²) in [5, 5.41) is 2.55. The Morgan fingerprint density at radius 1 is 1.21 bits per heavy atom. The second-order valence-electron chi connectivity index (χ2n) is 8.51. The fourth-order valence-electron chi connectivity index (χ4n) is 4.07. The van der Waals surface area contributed by atoms with E-state index in [0.29, 0.717) is 5.56 Å². The summed E-state index contributed by atoms with van der Waals surface area (Å²) in [6, 6.07) is 12.8. The maximum atomic E-state index is 13.6. The minimum Gasteiger partial charge on any atom is -0.345 e. The fourth-order valence-corrected chi connectivity index (χ4v) is 5.67. The molecule has 1 amide bonds. The number of aryl methyl sites for hydroxylation is 2. The lowest BCUT2D eigenvalue weighted by Gasteiger charge is -2.22. The Bertz CT molecular complexity index is 1350. The maximum absolute atomic E-state index is 13.6. The molecule has 6 nitrogen and oxygen atoms in total. The number of amides is 1. The van der Waals surface area contributed by atoms with Crippen LogP contribution in [0.25, 0.3) is 6.08 Å². The van der Waals surface area contributed by atoms with Gasteiger partial charge in [0, 0.05) is 36.6 Å². The summed E-state index contributed by atoms with van der Waals surface area (Å²) in [6.07, 6.45) is 6.73. The molecule has 2 heterocycles. The second kappa shape index (κ2) is 9.52.